The van der Waals surface area contributed by atoms with E-state index in [9.17, 15) is 0 Å². The number of aromatic nitrogens is 2. The molecule has 0 saturated carbocycles. The van der Waals surface area contributed by atoms with E-state index in [1.54, 1.807) is 0 Å². The van der Waals surface area contributed by atoms with Crippen LogP contribution in [0.15, 0.2) is 6.20 Å². The molecule has 102 valence electrons. The summed E-state index contributed by atoms with van der Waals surface area (Å²) in [6.45, 7) is 9.22. The number of ether oxygens (including phenoxy) is 1. The number of hydrogen-bond donors (Lipinski definition) is 1. The van der Waals surface area contributed by atoms with Crippen LogP contribution >= 0.6 is 0 Å². The summed E-state index contributed by atoms with van der Waals surface area (Å²) in [5.41, 5.74) is 1.31. The molecule has 0 amide bonds. The zero-order valence-corrected chi connectivity index (χ0v) is 11.6. The van der Waals surface area contributed by atoms with Crippen molar-refractivity contribution in [1.82, 2.24) is 14.9 Å². The highest BCUT2D eigenvalue weighted by atomic mass is 16.5. The minimum Gasteiger partial charge on any atom is -0.381 e. The fraction of sp³-hybridized carbons (Fsp3) is 0.786. The van der Waals surface area contributed by atoms with Crippen molar-refractivity contribution >= 4 is 0 Å². The summed E-state index contributed by atoms with van der Waals surface area (Å²) in [6, 6.07) is 0. The van der Waals surface area contributed by atoms with Crippen LogP contribution in [-0.4, -0.2) is 29.3 Å². The SMILES string of the molecule is CCCNCc1cnc(C)n1CC1CCOCC1. The van der Waals surface area contributed by atoms with Gasteiger partial charge in [-0.05, 0) is 38.6 Å². The molecule has 1 aromatic rings. The van der Waals surface area contributed by atoms with Crippen molar-refractivity contribution in [3.05, 3.63) is 17.7 Å². The van der Waals surface area contributed by atoms with E-state index in [2.05, 4.69) is 28.7 Å². The molecular formula is C14H25N3O. The van der Waals surface area contributed by atoms with E-state index in [-0.39, 0.29) is 0 Å². The molecular weight excluding hydrogens is 226 g/mol. The van der Waals surface area contributed by atoms with Crippen molar-refractivity contribution in [2.24, 2.45) is 5.92 Å². The summed E-state index contributed by atoms with van der Waals surface area (Å²) in [5, 5.41) is 3.46. The summed E-state index contributed by atoms with van der Waals surface area (Å²) in [4.78, 5) is 4.45. The highest BCUT2D eigenvalue weighted by Gasteiger charge is 2.16. The Balaban J connectivity index is 1.94. The molecule has 1 N–H and O–H groups in total. The van der Waals surface area contributed by atoms with Crippen molar-refractivity contribution in [1.29, 1.82) is 0 Å². The summed E-state index contributed by atoms with van der Waals surface area (Å²) in [7, 11) is 0. The highest BCUT2D eigenvalue weighted by Crippen LogP contribution is 2.19. The smallest absolute Gasteiger partial charge is 0.105 e. The maximum atomic E-state index is 5.42. The monoisotopic (exact) mass is 251 g/mol. The normalized spacial score (nSPS) is 17.2. The first kappa shape index (κ1) is 13.6. The lowest BCUT2D eigenvalue weighted by molar-refractivity contribution is 0.0608. The van der Waals surface area contributed by atoms with Crippen LogP contribution in [0.1, 0.15) is 37.7 Å². The van der Waals surface area contributed by atoms with Gasteiger partial charge in [-0.25, -0.2) is 4.98 Å². The van der Waals surface area contributed by atoms with E-state index < -0.39 is 0 Å². The molecule has 1 aliphatic rings. The molecule has 18 heavy (non-hydrogen) atoms. The summed E-state index contributed by atoms with van der Waals surface area (Å²) < 4.78 is 7.80. The van der Waals surface area contributed by atoms with Gasteiger partial charge in [0.25, 0.3) is 0 Å². The lowest BCUT2D eigenvalue weighted by atomic mass is 10.0. The van der Waals surface area contributed by atoms with Crippen molar-refractivity contribution in [3.8, 4) is 0 Å². The predicted octanol–water partition coefficient (Wildman–Crippen LogP) is 2.12. The molecule has 1 saturated heterocycles. The number of nitrogens with one attached hydrogen (secondary N) is 1. The van der Waals surface area contributed by atoms with Crippen LogP contribution in [0, 0.1) is 12.8 Å². The van der Waals surface area contributed by atoms with Crippen LogP contribution in [0.2, 0.25) is 0 Å². The van der Waals surface area contributed by atoms with E-state index >= 15 is 0 Å². The van der Waals surface area contributed by atoms with Crippen LogP contribution in [0.25, 0.3) is 0 Å². The quantitative estimate of drug-likeness (QED) is 0.787. The molecule has 1 aromatic heterocycles. The molecule has 0 spiro atoms. The van der Waals surface area contributed by atoms with Crippen molar-refractivity contribution < 1.29 is 4.74 Å². The summed E-state index contributed by atoms with van der Waals surface area (Å²) in [5.74, 6) is 1.88. The number of hydrogen-bond acceptors (Lipinski definition) is 3. The van der Waals surface area contributed by atoms with Crippen LogP contribution in [0.3, 0.4) is 0 Å². The first-order valence-electron chi connectivity index (χ1n) is 7.10. The first-order chi connectivity index (χ1) is 8.81. The van der Waals surface area contributed by atoms with Gasteiger partial charge in [-0.2, -0.15) is 0 Å². The zero-order chi connectivity index (χ0) is 12.8. The Kier molecular flexibility index (Phi) is 5.20. The number of imidazole rings is 1. The molecule has 1 aliphatic heterocycles. The molecule has 0 atom stereocenters. The van der Waals surface area contributed by atoms with Gasteiger partial charge in [0, 0.05) is 32.5 Å². The molecule has 4 nitrogen and oxygen atoms in total. The Hall–Kier alpha value is -0.870. The predicted molar refractivity (Wildman–Crippen MR) is 72.5 cm³/mol. The minimum atomic E-state index is 0.747. The largest absolute Gasteiger partial charge is 0.381 e. The fourth-order valence-corrected chi connectivity index (χ4v) is 2.49. The van der Waals surface area contributed by atoms with Gasteiger partial charge >= 0.3 is 0 Å². The number of nitrogens with zero attached hydrogens (tertiary/aromatic N) is 2. The number of aryl methyl sites for hydroxylation is 1. The number of rotatable bonds is 6. The molecule has 0 radical (unpaired) electrons. The third-order valence-electron chi connectivity index (χ3n) is 3.65. The Morgan fingerprint density at radius 3 is 2.94 bits per heavy atom. The van der Waals surface area contributed by atoms with Gasteiger partial charge in [0.15, 0.2) is 0 Å². The second kappa shape index (κ2) is 6.90. The van der Waals surface area contributed by atoms with Crippen LogP contribution in [-0.2, 0) is 17.8 Å². The second-order valence-electron chi connectivity index (χ2n) is 5.14. The topological polar surface area (TPSA) is 39.1 Å². The van der Waals surface area contributed by atoms with E-state index in [0.29, 0.717) is 0 Å². The Morgan fingerprint density at radius 2 is 2.22 bits per heavy atom. The third-order valence-corrected chi connectivity index (χ3v) is 3.65. The molecule has 2 rings (SSSR count). The lowest BCUT2D eigenvalue weighted by Gasteiger charge is -2.24. The van der Waals surface area contributed by atoms with E-state index in [1.807, 2.05) is 6.20 Å². The van der Waals surface area contributed by atoms with Gasteiger partial charge in [0.2, 0.25) is 0 Å². The fourth-order valence-electron chi connectivity index (χ4n) is 2.49. The first-order valence-corrected chi connectivity index (χ1v) is 7.10. The Labute approximate surface area is 110 Å². The maximum Gasteiger partial charge on any atom is 0.105 e. The lowest BCUT2D eigenvalue weighted by Crippen LogP contribution is -2.23. The van der Waals surface area contributed by atoms with E-state index in [4.69, 9.17) is 4.74 Å². The third kappa shape index (κ3) is 3.56. The Bertz CT molecular complexity index is 356. The van der Waals surface area contributed by atoms with Crippen LogP contribution in [0.4, 0.5) is 0 Å². The van der Waals surface area contributed by atoms with Gasteiger partial charge in [-0.1, -0.05) is 6.92 Å². The average Bonchev–Trinajstić information content (AvgIpc) is 2.73. The summed E-state index contributed by atoms with van der Waals surface area (Å²) >= 11 is 0. The van der Waals surface area contributed by atoms with E-state index in [0.717, 1.165) is 44.6 Å². The van der Waals surface area contributed by atoms with Gasteiger partial charge in [0.1, 0.15) is 5.82 Å². The van der Waals surface area contributed by atoms with Crippen LogP contribution < -0.4 is 5.32 Å². The highest BCUT2D eigenvalue weighted by molar-refractivity contribution is 5.04. The van der Waals surface area contributed by atoms with Crippen molar-refractivity contribution in [3.63, 3.8) is 0 Å². The molecule has 1 fully saturated rings. The molecule has 4 heteroatoms. The van der Waals surface area contributed by atoms with Gasteiger partial charge < -0.3 is 14.6 Å². The van der Waals surface area contributed by atoms with Gasteiger partial charge in [-0.15, -0.1) is 0 Å². The molecule has 0 aromatic carbocycles. The van der Waals surface area contributed by atoms with Gasteiger partial charge in [-0.3, -0.25) is 0 Å². The van der Waals surface area contributed by atoms with Crippen molar-refractivity contribution in [2.75, 3.05) is 19.8 Å². The molecule has 0 bridgehead atoms. The maximum absolute atomic E-state index is 5.42. The zero-order valence-electron chi connectivity index (χ0n) is 11.6. The van der Waals surface area contributed by atoms with Gasteiger partial charge in [0.05, 0.1) is 5.69 Å². The molecule has 2 heterocycles. The molecule has 0 aliphatic carbocycles. The Morgan fingerprint density at radius 1 is 1.44 bits per heavy atom. The standard InChI is InChI=1S/C14H25N3O/c1-3-6-15-9-14-10-16-12(2)17(14)11-13-4-7-18-8-5-13/h10,13,15H,3-9,11H2,1-2H3. The summed E-state index contributed by atoms with van der Waals surface area (Å²) in [6.07, 6.45) is 5.54. The minimum absolute atomic E-state index is 0.747. The van der Waals surface area contributed by atoms with E-state index in [1.165, 1.54) is 25.0 Å². The average molecular weight is 251 g/mol. The second-order valence-corrected chi connectivity index (χ2v) is 5.14. The van der Waals surface area contributed by atoms with Crippen LogP contribution in [0.5, 0.6) is 0 Å². The van der Waals surface area contributed by atoms with Crippen molar-refractivity contribution in [2.45, 2.75) is 46.2 Å². The molecule has 0 unspecified atom stereocenters.